The summed E-state index contributed by atoms with van der Waals surface area (Å²) >= 11 is 1.78. The zero-order valence-electron chi connectivity index (χ0n) is 11.5. The highest BCUT2D eigenvalue weighted by molar-refractivity contribution is 7.98. The number of nitrogens with one attached hydrogen (secondary N) is 1. The lowest BCUT2D eigenvalue weighted by atomic mass is 9.99. The van der Waals surface area contributed by atoms with Gasteiger partial charge in [-0.1, -0.05) is 19.1 Å². The van der Waals surface area contributed by atoms with Gasteiger partial charge >= 0.3 is 0 Å². The van der Waals surface area contributed by atoms with Crippen LogP contribution < -0.4 is 5.32 Å². The van der Waals surface area contributed by atoms with Gasteiger partial charge in [-0.05, 0) is 54.6 Å². The van der Waals surface area contributed by atoms with E-state index in [4.69, 9.17) is 0 Å². The molecule has 0 aliphatic carbocycles. The maximum atomic E-state index is 4.07. The van der Waals surface area contributed by atoms with Gasteiger partial charge in [-0.15, -0.1) is 11.8 Å². The third-order valence-corrected chi connectivity index (χ3v) is 3.90. The molecular formula is C16H20N2S. The molecule has 19 heavy (non-hydrogen) atoms. The minimum atomic E-state index is 0.364. The molecule has 1 aromatic carbocycles. The van der Waals surface area contributed by atoms with E-state index in [2.05, 4.69) is 59.9 Å². The SMILES string of the molecule is CCNC(Cc1ccncc1)c1ccc(SC)cc1. The molecule has 100 valence electrons. The highest BCUT2D eigenvalue weighted by Gasteiger charge is 2.10. The van der Waals surface area contributed by atoms with E-state index >= 15 is 0 Å². The molecule has 2 aromatic rings. The molecule has 1 atom stereocenters. The van der Waals surface area contributed by atoms with E-state index in [1.807, 2.05) is 12.4 Å². The molecular weight excluding hydrogens is 252 g/mol. The zero-order valence-corrected chi connectivity index (χ0v) is 12.3. The van der Waals surface area contributed by atoms with Crippen LogP contribution in [0.5, 0.6) is 0 Å². The van der Waals surface area contributed by atoms with Crippen LogP contribution in [0.4, 0.5) is 0 Å². The van der Waals surface area contributed by atoms with E-state index in [9.17, 15) is 0 Å². The summed E-state index contributed by atoms with van der Waals surface area (Å²) < 4.78 is 0. The summed E-state index contributed by atoms with van der Waals surface area (Å²) in [6, 6.07) is 13.4. The molecule has 3 heteroatoms. The normalized spacial score (nSPS) is 12.3. The molecule has 0 spiro atoms. The average Bonchev–Trinajstić information content (AvgIpc) is 2.48. The van der Waals surface area contributed by atoms with Crippen molar-refractivity contribution in [2.45, 2.75) is 24.3 Å². The van der Waals surface area contributed by atoms with Crippen LogP contribution in [-0.4, -0.2) is 17.8 Å². The van der Waals surface area contributed by atoms with Crippen molar-refractivity contribution in [3.8, 4) is 0 Å². The van der Waals surface area contributed by atoms with E-state index in [-0.39, 0.29) is 0 Å². The smallest absolute Gasteiger partial charge is 0.0360 e. The van der Waals surface area contributed by atoms with Gasteiger partial charge in [0.25, 0.3) is 0 Å². The number of benzene rings is 1. The first-order chi connectivity index (χ1) is 9.33. The summed E-state index contributed by atoms with van der Waals surface area (Å²) in [5.74, 6) is 0. The van der Waals surface area contributed by atoms with Crippen LogP contribution in [0, 0.1) is 0 Å². The minimum absolute atomic E-state index is 0.364. The van der Waals surface area contributed by atoms with Crippen LogP contribution in [0.15, 0.2) is 53.7 Å². The van der Waals surface area contributed by atoms with Crippen molar-refractivity contribution in [2.75, 3.05) is 12.8 Å². The molecule has 1 unspecified atom stereocenters. The second-order valence-electron chi connectivity index (χ2n) is 4.44. The summed E-state index contributed by atoms with van der Waals surface area (Å²) in [6.07, 6.45) is 6.81. The van der Waals surface area contributed by atoms with E-state index in [1.165, 1.54) is 16.0 Å². The number of nitrogens with zero attached hydrogens (tertiary/aromatic N) is 1. The van der Waals surface area contributed by atoms with Gasteiger partial charge in [0.15, 0.2) is 0 Å². The number of likely N-dealkylation sites (N-methyl/N-ethyl adjacent to an activating group) is 1. The first-order valence-corrected chi connectivity index (χ1v) is 7.82. The quantitative estimate of drug-likeness (QED) is 0.812. The Morgan fingerprint density at radius 2 is 1.79 bits per heavy atom. The molecule has 0 aliphatic heterocycles. The Labute approximate surface area is 119 Å². The van der Waals surface area contributed by atoms with Crippen LogP contribution >= 0.6 is 11.8 Å². The fourth-order valence-corrected chi connectivity index (χ4v) is 2.55. The van der Waals surface area contributed by atoms with E-state index in [1.54, 1.807) is 11.8 Å². The molecule has 2 nitrogen and oxygen atoms in total. The van der Waals surface area contributed by atoms with Gasteiger partial charge in [-0.2, -0.15) is 0 Å². The number of hydrogen-bond donors (Lipinski definition) is 1. The van der Waals surface area contributed by atoms with Crippen molar-refractivity contribution < 1.29 is 0 Å². The highest BCUT2D eigenvalue weighted by atomic mass is 32.2. The lowest BCUT2D eigenvalue weighted by Crippen LogP contribution is -2.22. The maximum absolute atomic E-state index is 4.07. The van der Waals surface area contributed by atoms with Gasteiger partial charge < -0.3 is 5.32 Å². The highest BCUT2D eigenvalue weighted by Crippen LogP contribution is 2.21. The molecule has 0 radical (unpaired) electrons. The lowest BCUT2D eigenvalue weighted by Gasteiger charge is -2.18. The number of thioether (sulfide) groups is 1. The standard InChI is InChI=1S/C16H20N2S/c1-3-18-16(12-13-8-10-17-11-9-13)14-4-6-15(19-2)7-5-14/h4-11,16,18H,3,12H2,1-2H3. The molecule has 2 rings (SSSR count). The van der Waals surface area contributed by atoms with E-state index in [0.29, 0.717) is 6.04 Å². The molecule has 1 heterocycles. The fraction of sp³-hybridized carbons (Fsp3) is 0.312. The van der Waals surface area contributed by atoms with Crippen LogP contribution in [0.3, 0.4) is 0 Å². The van der Waals surface area contributed by atoms with Crippen molar-refractivity contribution >= 4 is 11.8 Å². The predicted octanol–water partition coefficient (Wildman–Crippen LogP) is 3.70. The third-order valence-electron chi connectivity index (χ3n) is 3.16. The van der Waals surface area contributed by atoms with Gasteiger partial charge in [0.05, 0.1) is 0 Å². The van der Waals surface area contributed by atoms with Gasteiger partial charge in [0.1, 0.15) is 0 Å². The van der Waals surface area contributed by atoms with Gasteiger partial charge in [0, 0.05) is 23.3 Å². The topological polar surface area (TPSA) is 24.9 Å². The number of hydrogen-bond acceptors (Lipinski definition) is 3. The predicted molar refractivity (Wildman–Crippen MR) is 82.6 cm³/mol. The Hall–Kier alpha value is -1.32. The molecule has 0 amide bonds. The number of pyridine rings is 1. The first-order valence-electron chi connectivity index (χ1n) is 6.59. The molecule has 0 fully saturated rings. The Balaban J connectivity index is 2.14. The Morgan fingerprint density at radius 3 is 2.37 bits per heavy atom. The van der Waals surface area contributed by atoms with Crippen LogP contribution in [0.1, 0.15) is 24.1 Å². The first kappa shape index (κ1) is 14.1. The van der Waals surface area contributed by atoms with Crippen LogP contribution in [0.2, 0.25) is 0 Å². The monoisotopic (exact) mass is 272 g/mol. The zero-order chi connectivity index (χ0) is 13.5. The molecule has 0 saturated heterocycles. The van der Waals surface area contributed by atoms with Crippen molar-refractivity contribution in [3.05, 3.63) is 59.9 Å². The Kier molecular flexibility index (Phi) is 5.43. The lowest BCUT2D eigenvalue weighted by molar-refractivity contribution is 0.549. The van der Waals surface area contributed by atoms with Gasteiger partial charge in [-0.3, -0.25) is 4.98 Å². The molecule has 1 N–H and O–H groups in total. The maximum Gasteiger partial charge on any atom is 0.0360 e. The second-order valence-corrected chi connectivity index (χ2v) is 5.32. The van der Waals surface area contributed by atoms with Gasteiger partial charge in [0.2, 0.25) is 0 Å². The van der Waals surface area contributed by atoms with Crippen molar-refractivity contribution in [3.63, 3.8) is 0 Å². The number of aromatic nitrogens is 1. The van der Waals surface area contributed by atoms with Crippen molar-refractivity contribution in [1.82, 2.24) is 10.3 Å². The Morgan fingerprint density at radius 1 is 1.11 bits per heavy atom. The summed E-state index contributed by atoms with van der Waals surface area (Å²) in [6.45, 7) is 3.12. The van der Waals surface area contributed by atoms with E-state index in [0.717, 1.165) is 13.0 Å². The fourth-order valence-electron chi connectivity index (χ4n) is 2.15. The third kappa shape index (κ3) is 4.08. The number of rotatable bonds is 6. The summed E-state index contributed by atoms with van der Waals surface area (Å²) in [5.41, 5.74) is 2.66. The molecule has 0 saturated carbocycles. The second kappa shape index (κ2) is 7.31. The summed E-state index contributed by atoms with van der Waals surface area (Å²) in [5, 5.41) is 3.56. The molecule has 0 aliphatic rings. The van der Waals surface area contributed by atoms with Crippen molar-refractivity contribution in [2.24, 2.45) is 0 Å². The largest absolute Gasteiger partial charge is 0.310 e. The van der Waals surface area contributed by atoms with E-state index < -0.39 is 0 Å². The average molecular weight is 272 g/mol. The van der Waals surface area contributed by atoms with Gasteiger partial charge in [-0.25, -0.2) is 0 Å². The molecule has 1 aromatic heterocycles. The summed E-state index contributed by atoms with van der Waals surface area (Å²) in [7, 11) is 0. The minimum Gasteiger partial charge on any atom is -0.310 e. The summed E-state index contributed by atoms with van der Waals surface area (Å²) in [4.78, 5) is 5.38. The Bertz CT molecular complexity index is 482. The van der Waals surface area contributed by atoms with Crippen LogP contribution in [0.25, 0.3) is 0 Å². The van der Waals surface area contributed by atoms with Crippen LogP contribution in [-0.2, 0) is 6.42 Å². The van der Waals surface area contributed by atoms with Crippen molar-refractivity contribution in [1.29, 1.82) is 0 Å². The molecule has 0 bridgehead atoms.